The average molecular weight is 473 g/mol. The third kappa shape index (κ3) is 6.29. The third-order valence-corrected chi connectivity index (χ3v) is 5.58. The van der Waals surface area contributed by atoms with Crippen molar-refractivity contribution in [2.24, 2.45) is 0 Å². The van der Waals surface area contributed by atoms with Crippen LogP contribution in [0.1, 0.15) is 70.9 Å². The Morgan fingerprint density at radius 1 is 1.21 bits per heavy atom. The highest BCUT2D eigenvalue weighted by atomic mass is 35.5. The first kappa shape index (κ1) is 24.6. The Bertz CT molecular complexity index is 1160. The summed E-state index contributed by atoms with van der Waals surface area (Å²) in [5, 5.41) is 7.11. The number of rotatable bonds is 9. The molecule has 3 rings (SSSR count). The van der Waals surface area contributed by atoms with Crippen LogP contribution < -0.4 is 5.32 Å². The molecule has 1 heterocycles. The minimum Gasteiger partial charge on any atom is -0.357 e. The van der Waals surface area contributed by atoms with Crippen molar-refractivity contribution in [2.45, 2.75) is 46.2 Å². The predicted octanol–water partition coefficient (Wildman–Crippen LogP) is 7.15. The molecule has 0 saturated heterocycles. The maximum absolute atomic E-state index is 14.8. The second kappa shape index (κ2) is 11.2. The van der Waals surface area contributed by atoms with Gasteiger partial charge in [-0.25, -0.2) is 8.78 Å². The van der Waals surface area contributed by atoms with Crippen LogP contribution >= 0.6 is 11.6 Å². The second-order valence-electron chi connectivity index (χ2n) is 7.99. The molecule has 1 N–H and O–H groups in total. The molecule has 7 heteroatoms. The van der Waals surface area contributed by atoms with Gasteiger partial charge in [0, 0.05) is 23.2 Å². The van der Waals surface area contributed by atoms with Gasteiger partial charge in [-0.1, -0.05) is 53.9 Å². The van der Waals surface area contributed by atoms with E-state index in [1.807, 2.05) is 25.1 Å². The number of halogens is 3. The molecule has 4 nitrogen and oxygen atoms in total. The summed E-state index contributed by atoms with van der Waals surface area (Å²) in [6.45, 7) is 6.21. The van der Waals surface area contributed by atoms with E-state index in [1.165, 1.54) is 18.2 Å². The fourth-order valence-electron chi connectivity index (χ4n) is 3.53. The van der Waals surface area contributed by atoms with Crippen molar-refractivity contribution in [1.82, 2.24) is 10.5 Å². The summed E-state index contributed by atoms with van der Waals surface area (Å²) in [6.07, 6.45) is 2.81. The number of aryl methyl sites for hydroxylation is 2. The number of nitrogens with one attached hydrogen (secondary N) is 1. The molecule has 174 valence electrons. The lowest BCUT2D eigenvalue weighted by molar-refractivity contribution is 0.0945. The number of aromatic nitrogens is 1. The molecular weight excluding hydrogens is 446 g/mol. The Balaban J connectivity index is 1.66. The number of amides is 1. The number of carbonyl (C=O) groups excluding carboxylic acids is 1. The van der Waals surface area contributed by atoms with Gasteiger partial charge in [0.2, 0.25) is 0 Å². The van der Waals surface area contributed by atoms with Gasteiger partial charge in [0.1, 0.15) is 5.82 Å². The van der Waals surface area contributed by atoms with E-state index in [0.29, 0.717) is 23.6 Å². The first-order valence-electron chi connectivity index (χ1n) is 10.9. The lowest BCUT2D eigenvalue weighted by Crippen LogP contribution is -2.25. The Kier molecular flexibility index (Phi) is 8.39. The normalized spacial score (nSPS) is 12.6. The van der Waals surface area contributed by atoms with Crippen LogP contribution in [-0.2, 0) is 0 Å². The summed E-state index contributed by atoms with van der Waals surface area (Å²) < 4.78 is 33.8. The van der Waals surface area contributed by atoms with Crippen molar-refractivity contribution < 1.29 is 18.1 Å². The third-order valence-electron chi connectivity index (χ3n) is 5.34. The molecule has 0 aliphatic rings. The molecule has 0 aliphatic heterocycles. The van der Waals surface area contributed by atoms with E-state index in [0.717, 1.165) is 29.5 Å². The second-order valence-corrected chi connectivity index (χ2v) is 8.42. The van der Waals surface area contributed by atoms with Crippen LogP contribution in [-0.4, -0.2) is 17.6 Å². The molecule has 0 aliphatic carbocycles. The molecule has 3 aromatic rings. The van der Waals surface area contributed by atoms with E-state index >= 15 is 0 Å². The zero-order valence-corrected chi connectivity index (χ0v) is 19.7. The van der Waals surface area contributed by atoms with Crippen molar-refractivity contribution >= 4 is 23.1 Å². The van der Waals surface area contributed by atoms with E-state index in [9.17, 15) is 13.6 Å². The summed E-state index contributed by atoms with van der Waals surface area (Å²) in [4.78, 5) is 12.5. The molecule has 1 atom stereocenters. The molecule has 2 aromatic carbocycles. The highest BCUT2D eigenvalue weighted by Gasteiger charge is 2.23. The fourth-order valence-corrected chi connectivity index (χ4v) is 3.71. The first-order chi connectivity index (χ1) is 15.8. The van der Waals surface area contributed by atoms with Crippen molar-refractivity contribution in [2.75, 3.05) is 6.54 Å². The van der Waals surface area contributed by atoms with Gasteiger partial charge in [0.15, 0.2) is 17.6 Å². The number of carbonyl (C=O) groups is 1. The molecule has 0 saturated carbocycles. The number of nitrogens with zero attached hydrogens (tertiary/aromatic N) is 1. The van der Waals surface area contributed by atoms with Crippen molar-refractivity contribution in [3.63, 3.8) is 0 Å². The summed E-state index contributed by atoms with van der Waals surface area (Å²) >= 11 is 6.18. The van der Waals surface area contributed by atoms with Crippen LogP contribution in [0.5, 0.6) is 0 Å². The average Bonchev–Trinajstić information content (AvgIpc) is 3.29. The smallest absolute Gasteiger partial charge is 0.273 e. The highest BCUT2D eigenvalue weighted by molar-refractivity contribution is 6.30. The lowest BCUT2D eigenvalue weighted by atomic mass is 9.96. The number of benzene rings is 2. The lowest BCUT2D eigenvalue weighted by Gasteiger charge is -2.12. The maximum atomic E-state index is 14.8. The molecule has 33 heavy (non-hydrogen) atoms. The Labute approximate surface area is 197 Å². The number of hydrogen-bond acceptors (Lipinski definition) is 3. The van der Waals surface area contributed by atoms with Gasteiger partial charge in [-0.2, -0.15) is 0 Å². The fraction of sp³-hybridized carbons (Fsp3) is 0.308. The number of allylic oxidation sites excluding steroid dienone is 1. The van der Waals surface area contributed by atoms with Crippen LogP contribution in [0.3, 0.4) is 0 Å². The monoisotopic (exact) mass is 472 g/mol. The SMILES string of the molecule is CCCC=C(CCNC(=O)c1cc(C(F)c2cc(C)ccc2F)on1)c1cc(Cl)ccc1C. The molecular formula is C26H27ClF2N2O2. The van der Waals surface area contributed by atoms with Gasteiger partial charge in [-0.15, -0.1) is 0 Å². The topological polar surface area (TPSA) is 55.1 Å². The Morgan fingerprint density at radius 3 is 2.76 bits per heavy atom. The van der Waals surface area contributed by atoms with Gasteiger partial charge in [0.25, 0.3) is 5.91 Å². The summed E-state index contributed by atoms with van der Waals surface area (Å²) in [6, 6.07) is 11.1. The number of unbranched alkanes of at least 4 members (excludes halogenated alkanes) is 1. The first-order valence-corrected chi connectivity index (χ1v) is 11.3. The summed E-state index contributed by atoms with van der Waals surface area (Å²) in [7, 11) is 0. The van der Waals surface area contributed by atoms with Crippen molar-refractivity contribution in [3.05, 3.63) is 93.1 Å². The molecule has 0 radical (unpaired) electrons. The minimum atomic E-state index is -1.85. The Hall–Kier alpha value is -2.99. The van der Waals surface area contributed by atoms with E-state index in [2.05, 4.69) is 23.5 Å². The molecule has 1 unspecified atom stereocenters. The quantitative estimate of drug-likeness (QED) is 0.360. The number of alkyl halides is 1. The molecule has 1 amide bonds. The Morgan fingerprint density at radius 2 is 2.00 bits per heavy atom. The van der Waals surface area contributed by atoms with Crippen LogP contribution in [0, 0.1) is 19.7 Å². The van der Waals surface area contributed by atoms with Crippen molar-refractivity contribution in [3.8, 4) is 0 Å². The predicted molar refractivity (Wildman–Crippen MR) is 127 cm³/mol. The zero-order chi connectivity index (χ0) is 24.0. The van der Waals surface area contributed by atoms with Gasteiger partial charge in [-0.3, -0.25) is 4.79 Å². The molecule has 0 bridgehead atoms. The van der Waals surface area contributed by atoms with E-state index < -0.39 is 17.9 Å². The molecule has 1 aromatic heterocycles. The standard InChI is InChI=1S/C26H27ClF2N2O2/c1-4-5-6-18(20-14-19(27)9-8-17(20)3)11-12-30-26(32)23-15-24(33-31-23)25(29)21-13-16(2)7-10-22(21)28/h6-10,13-15,25H,4-5,11-12H2,1-3H3,(H,30,32). The van der Waals surface area contributed by atoms with E-state index in [4.69, 9.17) is 16.1 Å². The largest absolute Gasteiger partial charge is 0.357 e. The molecule has 0 fully saturated rings. The van der Waals surface area contributed by atoms with E-state index in [1.54, 1.807) is 13.0 Å². The van der Waals surface area contributed by atoms with E-state index in [-0.39, 0.29) is 17.0 Å². The van der Waals surface area contributed by atoms with Gasteiger partial charge < -0.3 is 9.84 Å². The van der Waals surface area contributed by atoms with Crippen molar-refractivity contribution in [1.29, 1.82) is 0 Å². The van der Waals surface area contributed by atoms with Crippen LogP contribution in [0.15, 0.2) is 53.1 Å². The zero-order valence-electron chi connectivity index (χ0n) is 18.9. The van der Waals surface area contributed by atoms with Gasteiger partial charge in [-0.05, 0) is 67.7 Å². The highest BCUT2D eigenvalue weighted by Crippen LogP contribution is 2.29. The van der Waals surface area contributed by atoms with Crippen LogP contribution in [0.4, 0.5) is 8.78 Å². The summed E-state index contributed by atoms with van der Waals surface area (Å²) in [5.41, 5.74) is 3.76. The van der Waals surface area contributed by atoms with Gasteiger partial charge >= 0.3 is 0 Å². The number of hydrogen-bond donors (Lipinski definition) is 1. The minimum absolute atomic E-state index is 0.0567. The molecule has 0 spiro atoms. The van der Waals surface area contributed by atoms with Crippen LogP contribution in [0.25, 0.3) is 5.57 Å². The maximum Gasteiger partial charge on any atom is 0.273 e. The van der Waals surface area contributed by atoms with Crippen LogP contribution in [0.2, 0.25) is 5.02 Å². The summed E-state index contributed by atoms with van der Waals surface area (Å²) in [5.74, 6) is -1.39. The van der Waals surface area contributed by atoms with Gasteiger partial charge in [0.05, 0.1) is 0 Å².